The van der Waals surface area contributed by atoms with Crippen molar-refractivity contribution in [3.8, 4) is 0 Å². The van der Waals surface area contributed by atoms with Crippen LogP contribution in [0, 0.1) is 5.82 Å². The molecule has 0 bridgehead atoms. The minimum absolute atomic E-state index is 0.0190. The van der Waals surface area contributed by atoms with Crippen molar-refractivity contribution in [3.63, 3.8) is 0 Å². The van der Waals surface area contributed by atoms with Crippen molar-refractivity contribution in [2.75, 3.05) is 5.73 Å². The van der Waals surface area contributed by atoms with Gasteiger partial charge in [-0.1, -0.05) is 0 Å². The first-order valence-corrected chi connectivity index (χ1v) is 5.03. The molecule has 0 spiro atoms. The maximum atomic E-state index is 13.1. The molecule has 0 amide bonds. The molecule has 0 aliphatic carbocycles. The molecule has 0 saturated carbocycles. The molecule has 1 rings (SSSR count). The SMILES string of the molecule is CC(C)OC(=O)c1cc(N)c(F)c(Br)n1. The largest absolute Gasteiger partial charge is 0.458 e. The molecule has 15 heavy (non-hydrogen) atoms. The van der Waals surface area contributed by atoms with Gasteiger partial charge in [0.05, 0.1) is 11.8 Å². The summed E-state index contributed by atoms with van der Waals surface area (Å²) in [5.74, 6) is -1.31. The quantitative estimate of drug-likeness (QED) is 0.664. The van der Waals surface area contributed by atoms with Gasteiger partial charge in [-0.3, -0.25) is 0 Å². The van der Waals surface area contributed by atoms with Gasteiger partial charge in [0.25, 0.3) is 0 Å². The second-order valence-corrected chi connectivity index (χ2v) is 3.91. The highest BCUT2D eigenvalue weighted by atomic mass is 79.9. The van der Waals surface area contributed by atoms with E-state index in [0.29, 0.717) is 0 Å². The van der Waals surface area contributed by atoms with Crippen LogP contribution in [0.4, 0.5) is 10.1 Å². The normalized spacial score (nSPS) is 10.5. The maximum absolute atomic E-state index is 13.1. The summed E-state index contributed by atoms with van der Waals surface area (Å²) in [4.78, 5) is 15.1. The van der Waals surface area contributed by atoms with Gasteiger partial charge >= 0.3 is 5.97 Å². The van der Waals surface area contributed by atoms with Crippen LogP contribution in [0.3, 0.4) is 0 Å². The minimum atomic E-state index is -0.684. The topological polar surface area (TPSA) is 65.2 Å². The molecular weight excluding hydrogens is 267 g/mol. The summed E-state index contributed by atoms with van der Waals surface area (Å²) in [6.45, 7) is 3.42. The third-order valence-electron chi connectivity index (χ3n) is 1.50. The van der Waals surface area contributed by atoms with Crippen molar-refractivity contribution in [3.05, 3.63) is 22.2 Å². The number of nitrogen functional groups attached to an aromatic ring is 1. The average Bonchev–Trinajstić information content (AvgIpc) is 2.12. The van der Waals surface area contributed by atoms with E-state index in [1.807, 2.05) is 0 Å². The fourth-order valence-corrected chi connectivity index (χ4v) is 1.32. The van der Waals surface area contributed by atoms with Crippen LogP contribution in [0.5, 0.6) is 0 Å². The van der Waals surface area contributed by atoms with E-state index in [-0.39, 0.29) is 22.1 Å². The highest BCUT2D eigenvalue weighted by Crippen LogP contribution is 2.20. The number of carbonyl (C=O) groups is 1. The van der Waals surface area contributed by atoms with Gasteiger partial charge in [0.15, 0.2) is 11.5 Å². The van der Waals surface area contributed by atoms with Crippen LogP contribution in [0.15, 0.2) is 10.7 Å². The number of carbonyl (C=O) groups excluding carboxylic acids is 1. The lowest BCUT2D eigenvalue weighted by Crippen LogP contribution is -2.14. The predicted molar refractivity (Wildman–Crippen MR) is 56.9 cm³/mol. The van der Waals surface area contributed by atoms with Crippen LogP contribution in [-0.2, 0) is 4.74 Å². The van der Waals surface area contributed by atoms with Gasteiger partial charge in [-0.05, 0) is 35.8 Å². The number of hydrogen-bond acceptors (Lipinski definition) is 4. The first-order chi connectivity index (χ1) is 6.91. The van der Waals surface area contributed by atoms with Crippen molar-refractivity contribution in [1.82, 2.24) is 4.98 Å². The fourth-order valence-electron chi connectivity index (χ4n) is 0.896. The van der Waals surface area contributed by atoms with E-state index >= 15 is 0 Å². The number of ether oxygens (including phenoxy) is 1. The number of pyridine rings is 1. The Hall–Kier alpha value is -1.17. The molecule has 2 N–H and O–H groups in total. The van der Waals surface area contributed by atoms with Gasteiger partial charge < -0.3 is 10.5 Å². The molecule has 0 aromatic carbocycles. The third-order valence-corrected chi connectivity index (χ3v) is 2.02. The number of nitrogens with two attached hydrogens (primary N) is 1. The minimum Gasteiger partial charge on any atom is -0.458 e. The molecule has 6 heteroatoms. The summed E-state index contributed by atoms with van der Waals surface area (Å²) < 4.78 is 17.8. The number of halogens is 2. The number of rotatable bonds is 2. The lowest BCUT2D eigenvalue weighted by Gasteiger charge is -2.08. The molecule has 4 nitrogen and oxygen atoms in total. The lowest BCUT2D eigenvalue weighted by molar-refractivity contribution is 0.0370. The summed E-state index contributed by atoms with van der Waals surface area (Å²) >= 11 is 2.86. The van der Waals surface area contributed by atoms with Gasteiger partial charge in [-0.2, -0.15) is 0 Å². The Morgan fingerprint density at radius 3 is 2.73 bits per heavy atom. The Morgan fingerprint density at radius 2 is 2.27 bits per heavy atom. The Kier molecular flexibility index (Phi) is 3.62. The first-order valence-electron chi connectivity index (χ1n) is 4.24. The Morgan fingerprint density at radius 1 is 1.67 bits per heavy atom. The van der Waals surface area contributed by atoms with Crippen LogP contribution in [-0.4, -0.2) is 17.1 Å². The molecule has 0 aliphatic heterocycles. The molecule has 0 saturated heterocycles. The van der Waals surface area contributed by atoms with Gasteiger partial charge in [-0.15, -0.1) is 0 Å². The van der Waals surface area contributed by atoms with Gasteiger partial charge in [-0.25, -0.2) is 14.2 Å². The van der Waals surface area contributed by atoms with Crippen LogP contribution in [0.1, 0.15) is 24.3 Å². The van der Waals surface area contributed by atoms with E-state index in [2.05, 4.69) is 20.9 Å². The smallest absolute Gasteiger partial charge is 0.357 e. The van der Waals surface area contributed by atoms with E-state index < -0.39 is 11.8 Å². The molecule has 1 aromatic heterocycles. The molecular formula is C9H10BrFN2O2. The molecule has 82 valence electrons. The Bertz CT molecular complexity index is 373. The van der Waals surface area contributed by atoms with E-state index in [9.17, 15) is 9.18 Å². The second-order valence-electron chi connectivity index (χ2n) is 3.16. The molecule has 1 heterocycles. The van der Waals surface area contributed by atoms with Crippen LogP contribution >= 0.6 is 15.9 Å². The van der Waals surface area contributed by atoms with E-state index in [4.69, 9.17) is 10.5 Å². The monoisotopic (exact) mass is 276 g/mol. The van der Waals surface area contributed by atoms with Crippen molar-refractivity contribution >= 4 is 27.6 Å². The molecule has 0 radical (unpaired) electrons. The van der Waals surface area contributed by atoms with Crippen molar-refractivity contribution in [2.45, 2.75) is 20.0 Å². The number of anilines is 1. The summed E-state index contributed by atoms with van der Waals surface area (Å²) in [6.07, 6.45) is -0.260. The summed E-state index contributed by atoms with van der Waals surface area (Å²) in [5, 5.41) is 0. The summed E-state index contributed by atoms with van der Waals surface area (Å²) in [7, 11) is 0. The van der Waals surface area contributed by atoms with Crippen molar-refractivity contribution < 1.29 is 13.9 Å². The van der Waals surface area contributed by atoms with Gasteiger partial charge in [0.1, 0.15) is 4.60 Å². The van der Waals surface area contributed by atoms with Gasteiger partial charge in [0.2, 0.25) is 0 Å². The maximum Gasteiger partial charge on any atom is 0.357 e. The highest BCUT2D eigenvalue weighted by Gasteiger charge is 2.15. The number of aromatic nitrogens is 1. The van der Waals surface area contributed by atoms with E-state index in [0.717, 1.165) is 6.07 Å². The molecule has 0 atom stereocenters. The van der Waals surface area contributed by atoms with E-state index in [1.165, 1.54) is 0 Å². The van der Waals surface area contributed by atoms with Crippen molar-refractivity contribution in [1.29, 1.82) is 0 Å². The van der Waals surface area contributed by atoms with Gasteiger partial charge in [0, 0.05) is 0 Å². The highest BCUT2D eigenvalue weighted by molar-refractivity contribution is 9.10. The number of esters is 1. The Labute approximate surface area is 94.8 Å². The summed E-state index contributed by atoms with van der Waals surface area (Å²) in [5.41, 5.74) is 5.17. The first kappa shape index (κ1) is 11.9. The summed E-state index contributed by atoms with van der Waals surface area (Å²) in [6, 6.07) is 1.14. The second kappa shape index (κ2) is 4.57. The zero-order valence-electron chi connectivity index (χ0n) is 8.25. The average molecular weight is 277 g/mol. The number of nitrogens with zero attached hydrogens (tertiary/aromatic N) is 1. The van der Waals surface area contributed by atoms with Crippen molar-refractivity contribution in [2.24, 2.45) is 0 Å². The molecule has 0 unspecified atom stereocenters. The molecule has 0 aliphatic rings. The van der Waals surface area contributed by atoms with Crippen LogP contribution in [0.2, 0.25) is 0 Å². The third kappa shape index (κ3) is 2.89. The lowest BCUT2D eigenvalue weighted by atomic mass is 10.3. The Balaban J connectivity index is 3.01. The standard InChI is InChI=1S/C9H10BrFN2O2/c1-4(2)15-9(14)6-3-5(12)7(11)8(10)13-6/h3-4H,1-2H3,(H2,12,13). The van der Waals surface area contributed by atoms with Crippen LogP contribution in [0.25, 0.3) is 0 Å². The zero-order valence-corrected chi connectivity index (χ0v) is 9.84. The molecule has 1 aromatic rings. The molecule has 0 fully saturated rings. The van der Waals surface area contributed by atoms with Crippen LogP contribution < -0.4 is 5.73 Å². The van der Waals surface area contributed by atoms with E-state index in [1.54, 1.807) is 13.8 Å². The fraction of sp³-hybridized carbons (Fsp3) is 0.333. The zero-order chi connectivity index (χ0) is 11.6. The predicted octanol–water partition coefficient (Wildman–Crippen LogP) is 2.13. The number of hydrogen-bond donors (Lipinski definition) is 1.